The Kier molecular flexibility index (Phi) is 3.44. The molecule has 3 nitrogen and oxygen atoms in total. The summed E-state index contributed by atoms with van der Waals surface area (Å²) >= 11 is 0. The lowest BCUT2D eigenvalue weighted by Crippen LogP contribution is -2.26. The zero-order valence-corrected chi connectivity index (χ0v) is 11.6. The van der Waals surface area contributed by atoms with Crippen molar-refractivity contribution in [2.45, 2.75) is 6.54 Å². The number of hydrogen-bond donors (Lipinski definition) is 1. The fourth-order valence-corrected chi connectivity index (χ4v) is 2.43. The van der Waals surface area contributed by atoms with Gasteiger partial charge < -0.3 is 9.88 Å². The fourth-order valence-electron chi connectivity index (χ4n) is 2.43. The van der Waals surface area contributed by atoms with Gasteiger partial charge in [0, 0.05) is 30.7 Å². The Balaban J connectivity index is 1.85. The number of halogens is 1. The van der Waals surface area contributed by atoms with Crippen molar-refractivity contribution in [2.24, 2.45) is 0 Å². The number of H-pyrrole nitrogens is 1. The lowest BCUT2D eigenvalue weighted by Gasteiger charge is -2.17. The molecule has 0 spiro atoms. The highest BCUT2D eigenvalue weighted by Crippen LogP contribution is 2.20. The monoisotopic (exact) mass is 282 g/mol. The Morgan fingerprint density at radius 3 is 2.67 bits per heavy atom. The van der Waals surface area contributed by atoms with E-state index in [9.17, 15) is 9.18 Å². The van der Waals surface area contributed by atoms with Gasteiger partial charge >= 0.3 is 0 Å². The minimum atomic E-state index is -0.492. The topological polar surface area (TPSA) is 36.1 Å². The third-order valence-corrected chi connectivity index (χ3v) is 3.53. The van der Waals surface area contributed by atoms with Crippen LogP contribution in [-0.4, -0.2) is 22.8 Å². The maximum absolute atomic E-state index is 13.7. The molecular weight excluding hydrogens is 267 g/mol. The Hall–Kier alpha value is -2.62. The third kappa shape index (κ3) is 2.52. The number of nitrogens with zero attached hydrogens (tertiary/aromatic N) is 1. The van der Waals surface area contributed by atoms with E-state index in [2.05, 4.69) is 4.98 Å². The van der Waals surface area contributed by atoms with E-state index in [-0.39, 0.29) is 11.5 Å². The summed E-state index contributed by atoms with van der Waals surface area (Å²) < 4.78 is 13.7. The Morgan fingerprint density at radius 1 is 1.14 bits per heavy atom. The van der Waals surface area contributed by atoms with Crippen molar-refractivity contribution in [3.63, 3.8) is 0 Å². The molecule has 3 aromatic rings. The molecule has 4 heteroatoms. The minimum absolute atomic E-state index is 0.0971. The molecular formula is C17H15FN2O. The fraction of sp³-hybridized carbons (Fsp3) is 0.118. The highest BCUT2D eigenvalue weighted by Gasteiger charge is 2.16. The first-order valence-corrected chi connectivity index (χ1v) is 6.72. The molecule has 0 bridgehead atoms. The van der Waals surface area contributed by atoms with Crippen LogP contribution < -0.4 is 0 Å². The summed E-state index contributed by atoms with van der Waals surface area (Å²) in [5.74, 6) is -0.813. The Labute approximate surface area is 122 Å². The molecule has 0 saturated heterocycles. The standard InChI is InChI=1S/C17H15FN2O/c1-20(17(21)14-7-2-4-8-15(14)18)11-12-10-19-16-9-5-3-6-13(12)16/h2-10,19H,11H2,1H3. The normalized spacial score (nSPS) is 10.8. The molecule has 1 aromatic heterocycles. The van der Waals surface area contributed by atoms with E-state index in [4.69, 9.17) is 0 Å². The zero-order valence-electron chi connectivity index (χ0n) is 11.6. The summed E-state index contributed by atoms with van der Waals surface area (Å²) in [7, 11) is 1.68. The summed E-state index contributed by atoms with van der Waals surface area (Å²) in [6.45, 7) is 0.428. The van der Waals surface area contributed by atoms with E-state index >= 15 is 0 Å². The van der Waals surface area contributed by atoms with Crippen molar-refractivity contribution < 1.29 is 9.18 Å². The number of hydrogen-bond acceptors (Lipinski definition) is 1. The number of benzene rings is 2. The van der Waals surface area contributed by atoms with Crippen LogP contribution in [0, 0.1) is 5.82 Å². The van der Waals surface area contributed by atoms with E-state index in [1.807, 2.05) is 30.5 Å². The number of fused-ring (bicyclic) bond motifs is 1. The molecule has 0 fully saturated rings. The molecule has 2 aromatic carbocycles. The molecule has 106 valence electrons. The molecule has 3 rings (SSSR count). The number of aromatic amines is 1. The van der Waals surface area contributed by atoms with Crippen LogP contribution in [0.4, 0.5) is 4.39 Å². The van der Waals surface area contributed by atoms with Gasteiger partial charge in [-0.05, 0) is 23.8 Å². The third-order valence-electron chi connectivity index (χ3n) is 3.53. The molecule has 21 heavy (non-hydrogen) atoms. The maximum Gasteiger partial charge on any atom is 0.256 e. The van der Waals surface area contributed by atoms with Gasteiger partial charge in [-0.15, -0.1) is 0 Å². The maximum atomic E-state index is 13.7. The molecule has 0 aliphatic heterocycles. The number of nitrogens with one attached hydrogen (secondary N) is 1. The number of amides is 1. The van der Waals surface area contributed by atoms with Crippen molar-refractivity contribution in [3.05, 3.63) is 71.7 Å². The lowest BCUT2D eigenvalue weighted by molar-refractivity contribution is 0.0781. The van der Waals surface area contributed by atoms with E-state index in [1.54, 1.807) is 19.2 Å². The summed E-state index contributed by atoms with van der Waals surface area (Å²) in [5, 5.41) is 1.07. The minimum Gasteiger partial charge on any atom is -0.361 e. The second-order valence-electron chi connectivity index (χ2n) is 5.00. The second kappa shape index (κ2) is 5.40. The van der Waals surface area contributed by atoms with Crippen LogP contribution >= 0.6 is 0 Å². The van der Waals surface area contributed by atoms with E-state index in [1.165, 1.54) is 17.0 Å². The van der Waals surface area contributed by atoms with Gasteiger partial charge in [-0.25, -0.2) is 4.39 Å². The van der Waals surface area contributed by atoms with Crippen LogP contribution in [0.25, 0.3) is 10.9 Å². The molecule has 1 heterocycles. The number of carbonyl (C=O) groups excluding carboxylic acids is 1. The van der Waals surface area contributed by atoms with Gasteiger partial charge in [0.25, 0.3) is 5.91 Å². The van der Waals surface area contributed by atoms with Crippen molar-refractivity contribution in [2.75, 3.05) is 7.05 Å². The van der Waals surface area contributed by atoms with Crippen molar-refractivity contribution in [3.8, 4) is 0 Å². The summed E-state index contributed by atoms with van der Waals surface area (Å²) in [5.41, 5.74) is 2.14. The first-order chi connectivity index (χ1) is 10.2. The molecule has 0 saturated carbocycles. The van der Waals surface area contributed by atoms with Crippen LogP contribution in [0.1, 0.15) is 15.9 Å². The van der Waals surface area contributed by atoms with Crippen LogP contribution in [0.3, 0.4) is 0 Å². The van der Waals surface area contributed by atoms with Crippen molar-refractivity contribution in [1.82, 2.24) is 9.88 Å². The molecule has 0 aliphatic carbocycles. The second-order valence-corrected chi connectivity index (χ2v) is 5.00. The zero-order chi connectivity index (χ0) is 14.8. The molecule has 0 atom stereocenters. The van der Waals surface area contributed by atoms with Gasteiger partial charge in [0.2, 0.25) is 0 Å². The van der Waals surface area contributed by atoms with Gasteiger partial charge in [0.1, 0.15) is 5.82 Å². The number of carbonyl (C=O) groups is 1. The first kappa shape index (κ1) is 13.4. The van der Waals surface area contributed by atoms with Gasteiger partial charge in [-0.1, -0.05) is 30.3 Å². The predicted molar refractivity (Wildman–Crippen MR) is 80.5 cm³/mol. The van der Waals surface area contributed by atoms with Crippen LogP contribution in [-0.2, 0) is 6.54 Å². The SMILES string of the molecule is CN(Cc1c[nH]c2ccccc12)C(=O)c1ccccc1F. The van der Waals surface area contributed by atoms with Gasteiger partial charge in [-0.3, -0.25) is 4.79 Å². The number of para-hydroxylation sites is 1. The molecule has 1 amide bonds. The lowest BCUT2D eigenvalue weighted by atomic mass is 10.1. The highest BCUT2D eigenvalue weighted by molar-refractivity contribution is 5.94. The smallest absolute Gasteiger partial charge is 0.256 e. The number of rotatable bonds is 3. The molecule has 0 aliphatic rings. The Bertz CT molecular complexity index is 794. The van der Waals surface area contributed by atoms with Gasteiger partial charge in [0.05, 0.1) is 5.56 Å². The van der Waals surface area contributed by atoms with Crippen LogP contribution in [0.2, 0.25) is 0 Å². The summed E-state index contributed by atoms with van der Waals surface area (Å²) in [6.07, 6.45) is 1.88. The van der Waals surface area contributed by atoms with Gasteiger partial charge in [-0.2, -0.15) is 0 Å². The van der Waals surface area contributed by atoms with E-state index < -0.39 is 5.82 Å². The van der Waals surface area contributed by atoms with E-state index in [0.29, 0.717) is 6.54 Å². The van der Waals surface area contributed by atoms with E-state index in [0.717, 1.165) is 16.5 Å². The number of aromatic nitrogens is 1. The summed E-state index contributed by atoms with van der Waals surface area (Å²) in [6, 6.07) is 13.9. The molecule has 1 N–H and O–H groups in total. The van der Waals surface area contributed by atoms with Crippen LogP contribution in [0.5, 0.6) is 0 Å². The van der Waals surface area contributed by atoms with Crippen LogP contribution in [0.15, 0.2) is 54.7 Å². The largest absolute Gasteiger partial charge is 0.361 e. The summed E-state index contributed by atoms with van der Waals surface area (Å²) in [4.78, 5) is 17.0. The highest BCUT2D eigenvalue weighted by atomic mass is 19.1. The predicted octanol–water partition coefficient (Wildman–Crippen LogP) is 3.58. The van der Waals surface area contributed by atoms with Crippen molar-refractivity contribution >= 4 is 16.8 Å². The average Bonchev–Trinajstić information content (AvgIpc) is 2.90. The molecule has 0 unspecified atom stereocenters. The quantitative estimate of drug-likeness (QED) is 0.783. The Morgan fingerprint density at radius 2 is 1.86 bits per heavy atom. The first-order valence-electron chi connectivity index (χ1n) is 6.72. The van der Waals surface area contributed by atoms with Crippen molar-refractivity contribution in [1.29, 1.82) is 0 Å². The average molecular weight is 282 g/mol. The van der Waals surface area contributed by atoms with Gasteiger partial charge in [0.15, 0.2) is 0 Å². The molecule has 0 radical (unpaired) electrons.